The van der Waals surface area contributed by atoms with Gasteiger partial charge < -0.3 is 0 Å². The van der Waals surface area contributed by atoms with Crippen LogP contribution in [-0.2, 0) is 10.8 Å². The van der Waals surface area contributed by atoms with Crippen molar-refractivity contribution in [1.29, 1.82) is 0 Å². The number of aromatic nitrogens is 6. The Morgan fingerprint density at radius 1 is 0.192 bits per heavy atom. The summed E-state index contributed by atoms with van der Waals surface area (Å²) >= 11 is 0. The molecule has 0 N–H and O–H groups in total. The molecule has 0 spiro atoms. The molecular formula is C72H52N6. The second kappa shape index (κ2) is 18.5. The maximum Gasteiger partial charge on any atom is 0.164 e. The molecule has 0 saturated carbocycles. The third-order valence-corrected chi connectivity index (χ3v) is 16.1. The highest BCUT2D eigenvalue weighted by molar-refractivity contribution is 5.86. The maximum absolute atomic E-state index is 5.20. The Bertz CT molecular complexity index is 4280. The first-order valence-corrected chi connectivity index (χ1v) is 26.7. The summed E-state index contributed by atoms with van der Waals surface area (Å²) in [4.78, 5) is 30.8. The molecule has 6 heteroatoms. The van der Waals surface area contributed by atoms with Crippen molar-refractivity contribution in [3.63, 3.8) is 0 Å². The molecule has 0 unspecified atom stereocenters. The van der Waals surface area contributed by atoms with E-state index in [4.69, 9.17) is 29.9 Å². The first-order valence-electron chi connectivity index (χ1n) is 26.7. The molecule has 2 heterocycles. The predicted molar refractivity (Wildman–Crippen MR) is 317 cm³/mol. The van der Waals surface area contributed by atoms with Gasteiger partial charge in [0.25, 0.3) is 0 Å². The molecule has 2 aromatic heterocycles. The number of hydrogen-bond acceptors (Lipinski definition) is 6. The zero-order valence-electron chi connectivity index (χ0n) is 43.8. The van der Waals surface area contributed by atoms with Gasteiger partial charge in [0.15, 0.2) is 34.9 Å². The molecule has 0 atom stereocenters. The van der Waals surface area contributed by atoms with Crippen LogP contribution in [-0.4, -0.2) is 29.9 Å². The first kappa shape index (κ1) is 46.7. The fourth-order valence-electron chi connectivity index (χ4n) is 11.8. The molecule has 14 rings (SSSR count). The van der Waals surface area contributed by atoms with E-state index >= 15 is 0 Å². The molecule has 0 amide bonds. The third-order valence-electron chi connectivity index (χ3n) is 16.1. The summed E-state index contributed by atoms with van der Waals surface area (Å²) in [7, 11) is 0. The molecule has 6 nitrogen and oxygen atoms in total. The topological polar surface area (TPSA) is 77.3 Å². The molecule has 2 aliphatic rings. The van der Waals surface area contributed by atoms with Gasteiger partial charge in [0.1, 0.15) is 0 Å². The first-order chi connectivity index (χ1) is 38.1. The van der Waals surface area contributed by atoms with E-state index in [1.807, 2.05) is 24.3 Å². The van der Waals surface area contributed by atoms with Gasteiger partial charge in [-0.15, -0.1) is 0 Å². The Hall–Kier alpha value is -9.78. The normalized spacial score (nSPS) is 13.3. The summed E-state index contributed by atoms with van der Waals surface area (Å²) in [6.45, 7) is 9.21. The lowest BCUT2D eigenvalue weighted by molar-refractivity contribution is 0.660. The summed E-state index contributed by atoms with van der Waals surface area (Å²) in [6.07, 6.45) is 0. The van der Waals surface area contributed by atoms with Crippen LogP contribution in [0.3, 0.4) is 0 Å². The van der Waals surface area contributed by atoms with Crippen LogP contribution in [0.15, 0.2) is 243 Å². The molecule has 2 aliphatic carbocycles. The molecule has 0 radical (unpaired) electrons. The number of nitrogens with zero attached hydrogens (tertiary/aromatic N) is 6. The molecule has 78 heavy (non-hydrogen) atoms. The Morgan fingerprint density at radius 3 is 0.987 bits per heavy atom. The van der Waals surface area contributed by atoms with E-state index in [1.54, 1.807) is 0 Å². The summed E-state index contributed by atoms with van der Waals surface area (Å²) in [5.41, 5.74) is 22.4. The second-order valence-corrected chi connectivity index (χ2v) is 21.5. The molecule has 0 bridgehead atoms. The van der Waals surface area contributed by atoms with Crippen molar-refractivity contribution in [2.45, 2.75) is 38.5 Å². The van der Waals surface area contributed by atoms with Gasteiger partial charge in [0.05, 0.1) is 0 Å². The lowest BCUT2D eigenvalue weighted by atomic mass is 9.82. The van der Waals surface area contributed by atoms with Crippen molar-refractivity contribution in [2.24, 2.45) is 0 Å². The average molecular weight is 1000 g/mol. The SMILES string of the molecule is CC1(C)c2ccccc2-c2cc(-c3nc(-c4ccc(-c5ccccc5)cc4)nc(-c4ccc(-c5cccc(-c6ccc(-c7nc(-c8ccccc8)nc(-c8ccc9c(c8)C(C)(C)c8ccccc8-9)n7)cc6)c5)cc4)n3)ccc21. The highest BCUT2D eigenvalue weighted by Gasteiger charge is 2.37. The van der Waals surface area contributed by atoms with Gasteiger partial charge >= 0.3 is 0 Å². The van der Waals surface area contributed by atoms with Crippen LogP contribution in [0.5, 0.6) is 0 Å². The fourth-order valence-corrected chi connectivity index (χ4v) is 11.8. The van der Waals surface area contributed by atoms with Crippen molar-refractivity contribution in [1.82, 2.24) is 29.9 Å². The summed E-state index contributed by atoms with van der Waals surface area (Å²) in [5.74, 6) is 3.80. The van der Waals surface area contributed by atoms with E-state index in [2.05, 4.69) is 246 Å². The molecule has 0 fully saturated rings. The van der Waals surface area contributed by atoms with Crippen molar-refractivity contribution in [2.75, 3.05) is 0 Å². The van der Waals surface area contributed by atoms with Crippen LogP contribution in [0, 0.1) is 0 Å². The van der Waals surface area contributed by atoms with Gasteiger partial charge in [-0.1, -0.05) is 252 Å². The maximum atomic E-state index is 5.20. The standard InChI is InChI=1S/C72H52N6/c1-71(2)62-25-14-12-23-58(62)60-43-55(39-41-63(60)71)69-76-67(50-32-26-46(27-33-50)45-16-7-5-8-17-45)74-68(77-69)52-36-30-48(31-37-52)54-21-15-20-53(42-54)47-28-34-51(35-29-47)66-73-65(49-18-9-6-10-19-49)75-70(78-66)56-38-40-59-57-22-11-13-24-61(57)72(3,4)64(59)44-56/h5-44H,1-4H3. The molecule has 0 aliphatic heterocycles. The third kappa shape index (κ3) is 8.12. The van der Waals surface area contributed by atoms with Crippen LogP contribution in [0.1, 0.15) is 49.9 Å². The molecule has 12 aromatic rings. The smallest absolute Gasteiger partial charge is 0.164 e. The van der Waals surface area contributed by atoms with Crippen LogP contribution in [0.25, 0.3) is 124 Å². The van der Waals surface area contributed by atoms with Gasteiger partial charge in [0.2, 0.25) is 0 Å². The largest absolute Gasteiger partial charge is 0.208 e. The number of hydrogen-bond donors (Lipinski definition) is 0. The second-order valence-electron chi connectivity index (χ2n) is 21.5. The lowest BCUT2D eigenvalue weighted by Gasteiger charge is -2.21. The summed E-state index contributed by atoms with van der Waals surface area (Å²) in [5, 5.41) is 0. The Labute approximate surface area is 455 Å². The van der Waals surface area contributed by atoms with Crippen molar-refractivity contribution < 1.29 is 0 Å². The van der Waals surface area contributed by atoms with E-state index in [9.17, 15) is 0 Å². The lowest BCUT2D eigenvalue weighted by Crippen LogP contribution is -2.15. The Balaban J connectivity index is 0.773. The van der Waals surface area contributed by atoms with Gasteiger partial charge in [-0.3, -0.25) is 0 Å². The molecular weight excluding hydrogens is 949 g/mol. The van der Waals surface area contributed by atoms with Crippen LogP contribution < -0.4 is 0 Å². The minimum absolute atomic E-state index is 0.0995. The highest BCUT2D eigenvalue weighted by atomic mass is 15.0. The fraction of sp³-hybridized carbons (Fsp3) is 0.0833. The van der Waals surface area contributed by atoms with Gasteiger partial charge in [0, 0.05) is 44.2 Å². The van der Waals surface area contributed by atoms with Crippen molar-refractivity contribution in [3.8, 4) is 124 Å². The Morgan fingerprint density at radius 2 is 0.487 bits per heavy atom. The zero-order chi connectivity index (χ0) is 52.5. The Kier molecular flexibility index (Phi) is 11.1. The number of benzene rings is 10. The van der Waals surface area contributed by atoms with E-state index < -0.39 is 0 Å². The summed E-state index contributed by atoms with van der Waals surface area (Å²) in [6, 6.07) is 85.7. The van der Waals surface area contributed by atoms with Crippen molar-refractivity contribution >= 4 is 0 Å². The minimum atomic E-state index is -0.144. The number of rotatable bonds is 9. The monoisotopic (exact) mass is 1000 g/mol. The van der Waals surface area contributed by atoms with E-state index in [-0.39, 0.29) is 10.8 Å². The van der Waals surface area contributed by atoms with Crippen LogP contribution in [0.2, 0.25) is 0 Å². The number of fused-ring (bicyclic) bond motifs is 6. The van der Waals surface area contributed by atoms with Crippen LogP contribution >= 0.6 is 0 Å². The zero-order valence-corrected chi connectivity index (χ0v) is 43.8. The highest BCUT2D eigenvalue weighted by Crippen LogP contribution is 2.51. The van der Waals surface area contributed by atoms with Gasteiger partial charge in [-0.2, -0.15) is 0 Å². The minimum Gasteiger partial charge on any atom is -0.208 e. The molecule has 10 aromatic carbocycles. The van der Waals surface area contributed by atoms with Crippen molar-refractivity contribution in [3.05, 3.63) is 265 Å². The average Bonchev–Trinajstić information content (AvgIpc) is 3.88. The van der Waals surface area contributed by atoms with Gasteiger partial charge in [-0.05, 0) is 96.1 Å². The quantitative estimate of drug-likeness (QED) is 0.143. The van der Waals surface area contributed by atoms with E-state index in [1.165, 1.54) is 44.5 Å². The van der Waals surface area contributed by atoms with E-state index in [0.717, 1.165) is 66.8 Å². The summed E-state index contributed by atoms with van der Waals surface area (Å²) < 4.78 is 0. The van der Waals surface area contributed by atoms with Crippen LogP contribution in [0.4, 0.5) is 0 Å². The predicted octanol–water partition coefficient (Wildman–Crippen LogP) is 17.7. The molecule has 0 saturated heterocycles. The van der Waals surface area contributed by atoms with E-state index in [0.29, 0.717) is 34.9 Å². The van der Waals surface area contributed by atoms with Gasteiger partial charge in [-0.25, -0.2) is 29.9 Å². The molecule has 370 valence electrons.